The Bertz CT molecular complexity index is 416. The number of nitrogens with zero attached hydrogens (tertiary/aromatic N) is 1. The molecule has 3 rings (SSSR count). The standard InChI is InChI=1S/C16H27N3O2.ClH/c1-12-3-2-4-13(11-12)18-14(20)15(21)19-9-6-16(7-10-19)5-8-17-16;/h12-13,17H,2-11H2,1H3,(H,18,20);1H. The van der Waals surface area contributed by atoms with E-state index in [4.69, 9.17) is 0 Å². The quantitative estimate of drug-likeness (QED) is 0.716. The van der Waals surface area contributed by atoms with Crippen LogP contribution < -0.4 is 10.6 Å². The second kappa shape index (κ2) is 7.18. The molecule has 0 aromatic heterocycles. The van der Waals surface area contributed by atoms with Crippen LogP contribution in [0.2, 0.25) is 0 Å². The zero-order valence-corrected chi connectivity index (χ0v) is 14.2. The summed E-state index contributed by atoms with van der Waals surface area (Å²) in [4.78, 5) is 26.1. The number of likely N-dealkylation sites (tertiary alicyclic amines) is 1. The van der Waals surface area contributed by atoms with Gasteiger partial charge >= 0.3 is 11.8 Å². The largest absolute Gasteiger partial charge is 0.345 e. The average Bonchev–Trinajstić information content (AvgIpc) is 2.45. The van der Waals surface area contributed by atoms with Crippen LogP contribution in [0.1, 0.15) is 51.9 Å². The molecular formula is C16H28ClN3O2. The van der Waals surface area contributed by atoms with Gasteiger partial charge in [-0.1, -0.05) is 19.8 Å². The molecule has 2 heterocycles. The molecule has 5 nitrogen and oxygen atoms in total. The van der Waals surface area contributed by atoms with Crippen molar-refractivity contribution in [3.8, 4) is 0 Å². The van der Waals surface area contributed by atoms with E-state index < -0.39 is 5.91 Å². The van der Waals surface area contributed by atoms with E-state index in [0.717, 1.165) is 38.6 Å². The van der Waals surface area contributed by atoms with Gasteiger partial charge in [0.2, 0.25) is 0 Å². The Morgan fingerprint density at radius 2 is 1.86 bits per heavy atom. The third-order valence-corrected chi connectivity index (χ3v) is 5.58. The van der Waals surface area contributed by atoms with Gasteiger partial charge in [0.05, 0.1) is 0 Å². The van der Waals surface area contributed by atoms with Gasteiger partial charge in [-0.3, -0.25) is 9.59 Å². The zero-order valence-electron chi connectivity index (χ0n) is 13.4. The minimum Gasteiger partial charge on any atom is -0.345 e. The van der Waals surface area contributed by atoms with Crippen molar-refractivity contribution < 1.29 is 9.59 Å². The molecule has 0 bridgehead atoms. The Morgan fingerprint density at radius 1 is 1.18 bits per heavy atom. The molecule has 2 unspecified atom stereocenters. The fraction of sp³-hybridized carbons (Fsp3) is 0.875. The molecule has 0 aromatic rings. The number of halogens is 1. The highest BCUT2D eigenvalue weighted by Crippen LogP contribution is 2.31. The number of hydrogen-bond donors (Lipinski definition) is 2. The fourth-order valence-electron chi connectivity index (χ4n) is 4.00. The molecule has 3 fully saturated rings. The van der Waals surface area contributed by atoms with Crippen molar-refractivity contribution in [2.24, 2.45) is 5.92 Å². The molecule has 1 saturated carbocycles. The van der Waals surface area contributed by atoms with E-state index in [1.165, 1.54) is 12.8 Å². The first kappa shape index (κ1) is 17.5. The van der Waals surface area contributed by atoms with Crippen molar-refractivity contribution >= 4 is 24.2 Å². The molecule has 0 aromatic carbocycles. The van der Waals surface area contributed by atoms with Crippen molar-refractivity contribution in [1.82, 2.24) is 15.5 Å². The molecule has 3 aliphatic rings. The van der Waals surface area contributed by atoms with Crippen molar-refractivity contribution in [3.05, 3.63) is 0 Å². The topological polar surface area (TPSA) is 61.4 Å². The smallest absolute Gasteiger partial charge is 0.311 e. The Kier molecular flexibility index (Phi) is 5.72. The highest BCUT2D eigenvalue weighted by atomic mass is 35.5. The van der Waals surface area contributed by atoms with Crippen LogP contribution in [0.15, 0.2) is 0 Å². The SMILES string of the molecule is CC1CCCC(NC(=O)C(=O)N2CCC3(CCN3)CC2)C1.Cl. The van der Waals surface area contributed by atoms with E-state index in [2.05, 4.69) is 17.6 Å². The number of nitrogens with one attached hydrogen (secondary N) is 2. The second-order valence-electron chi connectivity index (χ2n) is 7.19. The number of amides is 2. The van der Waals surface area contributed by atoms with Gasteiger partial charge < -0.3 is 15.5 Å². The minimum atomic E-state index is -0.397. The predicted octanol–water partition coefficient (Wildman–Crippen LogP) is 1.46. The number of hydrogen-bond acceptors (Lipinski definition) is 3. The molecule has 2 saturated heterocycles. The third-order valence-electron chi connectivity index (χ3n) is 5.58. The van der Waals surface area contributed by atoms with Gasteiger partial charge in [0.15, 0.2) is 0 Å². The van der Waals surface area contributed by atoms with Crippen LogP contribution in [0.25, 0.3) is 0 Å². The first-order chi connectivity index (χ1) is 10.1. The lowest BCUT2D eigenvalue weighted by Crippen LogP contribution is -2.63. The van der Waals surface area contributed by atoms with Crippen LogP contribution in [-0.4, -0.2) is 47.9 Å². The van der Waals surface area contributed by atoms with Gasteiger partial charge in [-0.05, 0) is 44.6 Å². The third kappa shape index (κ3) is 3.74. The summed E-state index contributed by atoms with van der Waals surface area (Å²) in [6.07, 6.45) is 7.57. The molecule has 2 aliphatic heterocycles. The number of rotatable bonds is 1. The second-order valence-corrected chi connectivity index (χ2v) is 7.19. The fourth-order valence-corrected chi connectivity index (χ4v) is 4.00. The average molecular weight is 330 g/mol. The Hall–Kier alpha value is -0.810. The molecule has 0 radical (unpaired) electrons. The van der Waals surface area contributed by atoms with Gasteiger partial charge in [0.1, 0.15) is 0 Å². The highest BCUT2D eigenvalue weighted by molar-refractivity contribution is 6.35. The summed E-state index contributed by atoms with van der Waals surface area (Å²) >= 11 is 0. The first-order valence-corrected chi connectivity index (χ1v) is 8.43. The number of carbonyl (C=O) groups is 2. The molecule has 2 atom stereocenters. The Morgan fingerprint density at radius 3 is 2.41 bits per heavy atom. The monoisotopic (exact) mass is 329 g/mol. The lowest BCUT2D eigenvalue weighted by Gasteiger charge is -2.48. The van der Waals surface area contributed by atoms with Gasteiger partial charge in [0.25, 0.3) is 0 Å². The summed E-state index contributed by atoms with van der Waals surface area (Å²) in [5, 5.41) is 6.43. The molecule has 2 N–H and O–H groups in total. The van der Waals surface area contributed by atoms with E-state index in [-0.39, 0.29) is 29.9 Å². The van der Waals surface area contributed by atoms with Crippen LogP contribution in [0.3, 0.4) is 0 Å². The predicted molar refractivity (Wildman–Crippen MR) is 88.0 cm³/mol. The van der Waals surface area contributed by atoms with Crippen LogP contribution in [0, 0.1) is 5.92 Å². The maximum absolute atomic E-state index is 12.3. The van der Waals surface area contributed by atoms with Gasteiger partial charge in [-0.15, -0.1) is 12.4 Å². The van der Waals surface area contributed by atoms with E-state index in [0.29, 0.717) is 19.0 Å². The summed E-state index contributed by atoms with van der Waals surface area (Å²) in [5.41, 5.74) is 0.270. The van der Waals surface area contributed by atoms with Gasteiger partial charge in [-0.2, -0.15) is 0 Å². The molecule has 22 heavy (non-hydrogen) atoms. The van der Waals surface area contributed by atoms with E-state index in [1.807, 2.05) is 0 Å². The van der Waals surface area contributed by atoms with Crippen molar-refractivity contribution in [3.63, 3.8) is 0 Å². The summed E-state index contributed by atoms with van der Waals surface area (Å²) in [5.74, 6) is -0.0762. The molecule has 2 amide bonds. The normalized spacial score (nSPS) is 30.1. The zero-order chi connectivity index (χ0) is 14.9. The summed E-state index contributed by atoms with van der Waals surface area (Å²) in [7, 11) is 0. The van der Waals surface area contributed by atoms with E-state index >= 15 is 0 Å². The Balaban J connectivity index is 0.00000176. The van der Waals surface area contributed by atoms with E-state index in [9.17, 15) is 9.59 Å². The van der Waals surface area contributed by atoms with E-state index in [1.54, 1.807) is 4.90 Å². The van der Waals surface area contributed by atoms with Crippen molar-refractivity contribution in [2.45, 2.75) is 63.5 Å². The molecular weight excluding hydrogens is 302 g/mol. The van der Waals surface area contributed by atoms with Crippen LogP contribution in [0.5, 0.6) is 0 Å². The molecule has 6 heteroatoms. The lowest BCUT2D eigenvalue weighted by atomic mass is 9.79. The van der Waals surface area contributed by atoms with Crippen molar-refractivity contribution in [2.75, 3.05) is 19.6 Å². The number of piperidine rings is 1. The number of carbonyl (C=O) groups excluding carboxylic acids is 2. The summed E-state index contributed by atoms with van der Waals surface area (Å²) in [6.45, 7) is 4.73. The molecule has 1 spiro atoms. The maximum atomic E-state index is 12.3. The summed E-state index contributed by atoms with van der Waals surface area (Å²) in [6, 6.07) is 0.189. The lowest BCUT2D eigenvalue weighted by molar-refractivity contribution is -0.147. The van der Waals surface area contributed by atoms with Gasteiger partial charge in [0, 0.05) is 24.7 Å². The molecule has 1 aliphatic carbocycles. The van der Waals surface area contributed by atoms with Crippen molar-refractivity contribution in [1.29, 1.82) is 0 Å². The van der Waals surface area contributed by atoms with Crippen LogP contribution in [-0.2, 0) is 9.59 Å². The van der Waals surface area contributed by atoms with Gasteiger partial charge in [-0.25, -0.2) is 0 Å². The van der Waals surface area contributed by atoms with Crippen LogP contribution in [0.4, 0.5) is 0 Å². The molecule has 126 valence electrons. The van der Waals surface area contributed by atoms with Crippen LogP contribution >= 0.6 is 12.4 Å². The highest BCUT2D eigenvalue weighted by Gasteiger charge is 2.41. The maximum Gasteiger partial charge on any atom is 0.311 e. The Labute approximate surface area is 139 Å². The first-order valence-electron chi connectivity index (χ1n) is 8.43. The minimum absolute atomic E-state index is 0. The summed E-state index contributed by atoms with van der Waals surface area (Å²) < 4.78 is 0.